The van der Waals surface area contributed by atoms with Crippen molar-refractivity contribution < 1.29 is 9.47 Å². The second-order valence-corrected chi connectivity index (χ2v) is 3.48. The summed E-state index contributed by atoms with van der Waals surface area (Å²) in [5.41, 5.74) is 2.79. The molecule has 0 bridgehead atoms. The first-order valence-corrected chi connectivity index (χ1v) is 4.90. The maximum absolute atomic E-state index is 7.03. The van der Waals surface area contributed by atoms with E-state index in [1.807, 2.05) is 19.9 Å². The summed E-state index contributed by atoms with van der Waals surface area (Å²) in [5, 5.41) is 7.03. The first kappa shape index (κ1) is 12.2. The van der Waals surface area contributed by atoms with Crippen molar-refractivity contribution in [1.29, 1.82) is 5.41 Å². The van der Waals surface area contributed by atoms with Crippen LogP contribution in [0.1, 0.15) is 13.8 Å². The summed E-state index contributed by atoms with van der Waals surface area (Å²) in [6.45, 7) is 3.98. The first-order chi connectivity index (χ1) is 7.63. The third-order valence-electron chi connectivity index (χ3n) is 2.24. The van der Waals surface area contributed by atoms with Gasteiger partial charge >= 0.3 is 0 Å². The molecule has 0 amide bonds. The van der Waals surface area contributed by atoms with Crippen molar-refractivity contribution in [3.8, 4) is 0 Å². The van der Waals surface area contributed by atoms with E-state index >= 15 is 0 Å². The minimum Gasteiger partial charge on any atom is -0.493 e. The lowest BCUT2D eigenvalue weighted by Crippen LogP contribution is -2.11. The summed E-state index contributed by atoms with van der Waals surface area (Å²) < 4.78 is 10.4. The molecule has 1 aliphatic rings. The highest BCUT2D eigenvalue weighted by atomic mass is 16.5. The molecule has 0 atom stereocenters. The molecular weight excluding hydrogens is 204 g/mol. The molecule has 16 heavy (non-hydrogen) atoms. The molecule has 0 heterocycles. The Bertz CT molecular complexity index is 411. The zero-order valence-electron chi connectivity index (χ0n) is 10.00. The molecule has 0 radical (unpaired) electrons. The van der Waals surface area contributed by atoms with Crippen molar-refractivity contribution >= 4 is 12.1 Å². The maximum atomic E-state index is 7.03. The number of hydrogen-bond acceptors (Lipinski definition) is 3. The van der Waals surface area contributed by atoms with Crippen molar-refractivity contribution in [2.45, 2.75) is 13.8 Å². The highest BCUT2D eigenvalue weighted by molar-refractivity contribution is 6.14. The van der Waals surface area contributed by atoms with Crippen LogP contribution >= 0.6 is 0 Å². The van der Waals surface area contributed by atoms with Crippen LogP contribution in [0.2, 0.25) is 0 Å². The molecule has 0 saturated carbocycles. The number of hydrogen-bond donors (Lipinski definition) is 1. The van der Waals surface area contributed by atoms with Gasteiger partial charge in [0.05, 0.1) is 19.9 Å². The lowest BCUT2D eigenvalue weighted by molar-refractivity contribution is 0.220. The van der Waals surface area contributed by atoms with Crippen molar-refractivity contribution in [2.24, 2.45) is 4.99 Å². The standard InChI is InChI=1S/C12H16N2O2/c1-8(2)9-5-11(15-3)12(16-4)6-10(9)14-7-13/h5-7,13H,1-4H3. The number of nitrogens with one attached hydrogen (secondary N) is 1. The lowest BCUT2D eigenvalue weighted by Gasteiger charge is -2.17. The number of ether oxygens (including phenoxy) is 2. The van der Waals surface area contributed by atoms with E-state index < -0.39 is 0 Å². The van der Waals surface area contributed by atoms with E-state index in [0.29, 0.717) is 17.2 Å². The summed E-state index contributed by atoms with van der Waals surface area (Å²) in [4.78, 5) is 4.00. The van der Waals surface area contributed by atoms with Crippen molar-refractivity contribution in [1.82, 2.24) is 0 Å². The van der Waals surface area contributed by atoms with E-state index in [2.05, 4.69) is 4.99 Å². The van der Waals surface area contributed by atoms with Gasteiger partial charge in [-0.05, 0) is 19.9 Å². The third kappa shape index (κ3) is 2.39. The summed E-state index contributed by atoms with van der Waals surface area (Å²) in [6.07, 6.45) is 4.66. The summed E-state index contributed by atoms with van der Waals surface area (Å²) >= 11 is 0. The molecule has 1 aliphatic carbocycles. The largest absolute Gasteiger partial charge is 0.493 e. The van der Waals surface area contributed by atoms with Crippen LogP contribution in [0.15, 0.2) is 39.8 Å². The van der Waals surface area contributed by atoms with Crippen LogP contribution in [0.3, 0.4) is 0 Å². The normalized spacial score (nSPS) is 17.8. The van der Waals surface area contributed by atoms with Gasteiger partial charge in [-0.2, -0.15) is 0 Å². The Labute approximate surface area is 95.5 Å². The average Bonchev–Trinajstić information content (AvgIpc) is 2.28. The number of allylic oxidation sites excluding steroid dienone is 4. The topological polar surface area (TPSA) is 54.7 Å². The molecule has 0 saturated heterocycles. The number of aliphatic imine (C=N–C) groups is 1. The summed E-state index contributed by atoms with van der Waals surface area (Å²) in [5.74, 6) is 1.29. The van der Waals surface area contributed by atoms with E-state index in [4.69, 9.17) is 14.9 Å². The molecule has 1 rings (SSSR count). The Kier molecular flexibility index (Phi) is 4.05. The predicted octanol–water partition coefficient (Wildman–Crippen LogP) is 2.45. The van der Waals surface area contributed by atoms with E-state index in [1.165, 1.54) is 0 Å². The second kappa shape index (κ2) is 5.30. The highest BCUT2D eigenvalue weighted by Crippen LogP contribution is 2.24. The van der Waals surface area contributed by atoms with Crippen molar-refractivity contribution in [3.63, 3.8) is 0 Å². The van der Waals surface area contributed by atoms with Crippen LogP contribution in [0.5, 0.6) is 0 Å². The molecular formula is C12H16N2O2. The van der Waals surface area contributed by atoms with Crippen molar-refractivity contribution in [3.05, 3.63) is 34.8 Å². The molecule has 0 fully saturated rings. The molecule has 0 spiro atoms. The molecule has 0 unspecified atom stereocenters. The Morgan fingerprint density at radius 2 is 1.75 bits per heavy atom. The smallest absolute Gasteiger partial charge is 0.162 e. The molecule has 0 aromatic rings. The number of nitrogens with zero attached hydrogens (tertiary/aromatic N) is 1. The Morgan fingerprint density at radius 1 is 1.19 bits per heavy atom. The van der Waals surface area contributed by atoms with Crippen LogP contribution in [-0.4, -0.2) is 26.3 Å². The first-order valence-electron chi connectivity index (χ1n) is 4.90. The molecule has 4 nitrogen and oxygen atoms in total. The summed E-state index contributed by atoms with van der Waals surface area (Å²) in [7, 11) is 3.17. The van der Waals surface area contributed by atoms with Gasteiger partial charge in [0.25, 0.3) is 0 Å². The van der Waals surface area contributed by atoms with Crippen LogP contribution in [0.25, 0.3) is 0 Å². The van der Waals surface area contributed by atoms with Gasteiger partial charge in [0.1, 0.15) is 6.34 Å². The van der Waals surface area contributed by atoms with Crippen LogP contribution in [0.4, 0.5) is 0 Å². The molecule has 4 heteroatoms. The van der Waals surface area contributed by atoms with E-state index in [1.54, 1.807) is 20.3 Å². The van der Waals surface area contributed by atoms with E-state index in [0.717, 1.165) is 17.5 Å². The van der Waals surface area contributed by atoms with E-state index in [9.17, 15) is 0 Å². The van der Waals surface area contributed by atoms with Gasteiger partial charge in [-0.3, -0.25) is 5.41 Å². The van der Waals surface area contributed by atoms with Gasteiger partial charge in [-0.1, -0.05) is 5.57 Å². The fourth-order valence-corrected chi connectivity index (χ4v) is 1.45. The average molecular weight is 220 g/mol. The predicted molar refractivity (Wildman–Crippen MR) is 64.8 cm³/mol. The third-order valence-corrected chi connectivity index (χ3v) is 2.24. The van der Waals surface area contributed by atoms with Gasteiger partial charge in [0.15, 0.2) is 11.5 Å². The monoisotopic (exact) mass is 220 g/mol. The fourth-order valence-electron chi connectivity index (χ4n) is 1.45. The van der Waals surface area contributed by atoms with Crippen molar-refractivity contribution in [2.75, 3.05) is 14.2 Å². The highest BCUT2D eigenvalue weighted by Gasteiger charge is 2.17. The number of methoxy groups -OCH3 is 2. The molecule has 0 aliphatic heterocycles. The van der Waals surface area contributed by atoms with Crippen LogP contribution < -0.4 is 0 Å². The Balaban J connectivity index is 3.29. The second-order valence-electron chi connectivity index (χ2n) is 3.48. The van der Waals surface area contributed by atoms with Gasteiger partial charge in [-0.25, -0.2) is 4.99 Å². The van der Waals surface area contributed by atoms with Gasteiger partial charge < -0.3 is 9.47 Å². The van der Waals surface area contributed by atoms with Gasteiger partial charge in [0, 0.05) is 11.6 Å². The zero-order chi connectivity index (χ0) is 12.1. The number of rotatable bonds is 3. The minimum atomic E-state index is 0.619. The lowest BCUT2D eigenvalue weighted by atomic mass is 9.99. The SMILES string of the molecule is COC1=CC(=NC=N)C(=C(C)C)C=C1OC. The maximum Gasteiger partial charge on any atom is 0.162 e. The fraction of sp³-hybridized carbons (Fsp3) is 0.333. The molecule has 1 N–H and O–H groups in total. The molecule has 0 aromatic heterocycles. The van der Waals surface area contributed by atoms with Gasteiger partial charge in [0.2, 0.25) is 0 Å². The minimum absolute atomic E-state index is 0.619. The zero-order valence-corrected chi connectivity index (χ0v) is 10.00. The van der Waals surface area contributed by atoms with Crippen LogP contribution in [0, 0.1) is 5.41 Å². The Hall–Kier alpha value is -1.84. The van der Waals surface area contributed by atoms with E-state index in [-0.39, 0.29) is 0 Å². The van der Waals surface area contributed by atoms with Gasteiger partial charge in [-0.15, -0.1) is 0 Å². The summed E-state index contributed by atoms with van der Waals surface area (Å²) in [6, 6.07) is 0. The molecule has 0 aromatic carbocycles. The molecule has 86 valence electrons. The Morgan fingerprint density at radius 3 is 2.19 bits per heavy atom. The quantitative estimate of drug-likeness (QED) is 0.586. The van der Waals surface area contributed by atoms with Crippen LogP contribution in [-0.2, 0) is 9.47 Å².